The number of benzene rings is 2. The molecule has 0 saturated carbocycles. The number of hydrogen-bond acceptors (Lipinski definition) is 7. The molecule has 6 rings (SSSR count). The van der Waals surface area contributed by atoms with E-state index in [1.165, 1.54) is 17.5 Å². The van der Waals surface area contributed by atoms with Crippen LogP contribution < -0.4 is 9.80 Å². The number of fused-ring (bicyclic) bond motifs is 1. The van der Waals surface area contributed by atoms with Crippen LogP contribution in [-0.4, -0.2) is 82.3 Å². The fraction of sp³-hybridized carbons (Fsp3) is 0.379. The number of rotatable bonds is 6. The van der Waals surface area contributed by atoms with E-state index in [0.717, 1.165) is 68.0 Å². The Balaban J connectivity index is 1.33. The Bertz CT molecular complexity index is 1440. The molecule has 1 amide bonds. The van der Waals surface area contributed by atoms with Crippen LogP contribution in [-0.2, 0) is 11.3 Å². The van der Waals surface area contributed by atoms with Crippen LogP contribution in [0.1, 0.15) is 24.4 Å². The third kappa shape index (κ3) is 5.30. The molecule has 2 fully saturated rings. The van der Waals surface area contributed by atoms with E-state index in [1.54, 1.807) is 6.07 Å². The van der Waals surface area contributed by atoms with E-state index < -0.39 is 6.09 Å². The summed E-state index contributed by atoms with van der Waals surface area (Å²) >= 11 is 0. The van der Waals surface area contributed by atoms with Gasteiger partial charge in [-0.2, -0.15) is 5.10 Å². The van der Waals surface area contributed by atoms with Crippen molar-refractivity contribution in [2.75, 3.05) is 56.2 Å². The number of carbonyl (C=O) groups is 1. The molecule has 4 heterocycles. The number of carboxylic acid groups (broad SMARTS) is 1. The molecule has 4 aromatic rings. The third-order valence-corrected chi connectivity index (χ3v) is 7.67. The Hall–Kier alpha value is -4.02. The van der Waals surface area contributed by atoms with Crippen molar-refractivity contribution in [3.05, 3.63) is 66.4 Å². The average molecular weight is 528 g/mol. The van der Waals surface area contributed by atoms with Crippen LogP contribution in [0.4, 0.5) is 16.3 Å². The van der Waals surface area contributed by atoms with Crippen LogP contribution in [0.3, 0.4) is 0 Å². The van der Waals surface area contributed by atoms with Gasteiger partial charge in [0.2, 0.25) is 0 Å². The van der Waals surface area contributed by atoms with Crippen molar-refractivity contribution in [3.63, 3.8) is 0 Å². The van der Waals surface area contributed by atoms with Crippen LogP contribution in [0.25, 0.3) is 22.4 Å². The maximum atomic E-state index is 11.6. The molecule has 2 aromatic carbocycles. The Morgan fingerprint density at radius 2 is 1.79 bits per heavy atom. The van der Waals surface area contributed by atoms with Gasteiger partial charge in [0.05, 0.1) is 30.8 Å². The van der Waals surface area contributed by atoms with E-state index in [9.17, 15) is 9.90 Å². The summed E-state index contributed by atoms with van der Waals surface area (Å²) in [4.78, 5) is 27.5. The first-order valence-electron chi connectivity index (χ1n) is 13.5. The number of likely N-dealkylation sites (tertiary alicyclic amines) is 1. The highest BCUT2D eigenvalue weighted by molar-refractivity contribution is 5.90. The van der Waals surface area contributed by atoms with Crippen molar-refractivity contribution >= 4 is 28.6 Å². The number of morpholine rings is 1. The quantitative estimate of drug-likeness (QED) is 0.397. The Kier molecular flexibility index (Phi) is 7.12. The number of hydrogen-bond donors (Lipinski definition) is 1. The minimum Gasteiger partial charge on any atom is -0.465 e. The van der Waals surface area contributed by atoms with Gasteiger partial charge >= 0.3 is 6.09 Å². The molecule has 39 heavy (non-hydrogen) atoms. The summed E-state index contributed by atoms with van der Waals surface area (Å²) in [6, 6.07) is 18.2. The van der Waals surface area contributed by atoms with E-state index in [2.05, 4.69) is 44.8 Å². The van der Waals surface area contributed by atoms with E-state index in [1.807, 2.05) is 24.4 Å². The third-order valence-electron chi connectivity index (χ3n) is 7.67. The normalized spacial score (nSPS) is 17.0. The van der Waals surface area contributed by atoms with Gasteiger partial charge in [-0.05, 0) is 30.5 Å². The van der Waals surface area contributed by atoms with Crippen molar-refractivity contribution in [2.45, 2.75) is 25.4 Å². The van der Waals surface area contributed by atoms with Gasteiger partial charge in [0, 0.05) is 51.0 Å². The molecule has 1 N–H and O–H groups in total. The zero-order chi connectivity index (χ0) is 26.8. The molecule has 0 spiro atoms. The van der Waals surface area contributed by atoms with Gasteiger partial charge in [0.25, 0.3) is 0 Å². The van der Waals surface area contributed by atoms with Gasteiger partial charge < -0.3 is 14.7 Å². The highest BCUT2D eigenvalue weighted by Gasteiger charge is 2.26. The number of amides is 1. The van der Waals surface area contributed by atoms with E-state index in [4.69, 9.17) is 19.8 Å². The topological polar surface area (TPSA) is 99.8 Å². The Morgan fingerprint density at radius 3 is 2.54 bits per heavy atom. The van der Waals surface area contributed by atoms with Gasteiger partial charge in [0.1, 0.15) is 5.82 Å². The summed E-state index contributed by atoms with van der Waals surface area (Å²) in [5.74, 6) is 1.41. The number of aromatic nitrogens is 4. The van der Waals surface area contributed by atoms with Crippen LogP contribution >= 0.6 is 0 Å². The predicted molar refractivity (Wildman–Crippen MR) is 150 cm³/mol. The largest absolute Gasteiger partial charge is 0.465 e. The zero-order valence-corrected chi connectivity index (χ0v) is 22.1. The van der Waals surface area contributed by atoms with Gasteiger partial charge in [-0.3, -0.25) is 9.80 Å². The van der Waals surface area contributed by atoms with Crippen molar-refractivity contribution in [3.8, 4) is 11.4 Å². The van der Waals surface area contributed by atoms with E-state index in [0.29, 0.717) is 24.7 Å². The molecule has 0 bridgehead atoms. The smallest absolute Gasteiger partial charge is 0.411 e. The molecule has 2 aliphatic heterocycles. The van der Waals surface area contributed by atoms with Gasteiger partial charge in [-0.15, -0.1) is 0 Å². The minimum atomic E-state index is -1.02. The summed E-state index contributed by atoms with van der Waals surface area (Å²) in [6.45, 7) is 5.74. The number of nitrogens with zero attached hydrogens (tertiary/aromatic N) is 7. The molecular weight excluding hydrogens is 494 g/mol. The standard InChI is InChI=1S/C29H33N7O3/c1-33(29(37)38)24-9-5-8-22(18-24)26-31-27(35-14-16-39-17-15-35)25-19-30-36(28(25)32-26)23-10-12-34(13-11-23)20-21-6-3-2-4-7-21/h2-9,18-19,23H,10-17,20H2,1H3,(H,37,38). The molecule has 2 aromatic heterocycles. The lowest BCUT2D eigenvalue weighted by atomic mass is 10.0. The summed E-state index contributed by atoms with van der Waals surface area (Å²) < 4.78 is 7.67. The number of anilines is 2. The molecule has 0 unspecified atom stereocenters. The fourth-order valence-corrected chi connectivity index (χ4v) is 5.45. The summed E-state index contributed by atoms with van der Waals surface area (Å²) in [6.07, 6.45) is 2.87. The van der Waals surface area contributed by atoms with E-state index >= 15 is 0 Å². The Labute approximate surface area is 227 Å². The molecule has 202 valence electrons. The first kappa shape index (κ1) is 25.3. The summed E-state index contributed by atoms with van der Waals surface area (Å²) in [5, 5.41) is 15.2. The summed E-state index contributed by atoms with van der Waals surface area (Å²) in [7, 11) is 1.53. The van der Waals surface area contributed by atoms with Crippen LogP contribution in [0, 0.1) is 0 Å². The monoisotopic (exact) mass is 527 g/mol. The minimum absolute atomic E-state index is 0.249. The molecule has 10 nitrogen and oxygen atoms in total. The number of ether oxygens (including phenoxy) is 1. The van der Waals surface area contributed by atoms with Crippen molar-refractivity contribution in [1.29, 1.82) is 0 Å². The molecule has 2 aliphatic rings. The maximum Gasteiger partial charge on any atom is 0.411 e. The van der Waals surface area contributed by atoms with Gasteiger partial charge in [0.15, 0.2) is 11.5 Å². The lowest BCUT2D eigenvalue weighted by Gasteiger charge is -2.32. The SMILES string of the molecule is CN(C(=O)O)c1cccc(-c2nc(N3CCOCC3)c3cnn(C4CCN(Cc5ccccc5)CC4)c3n2)c1. The second kappa shape index (κ2) is 11.0. The van der Waals surface area contributed by atoms with Crippen molar-refractivity contribution in [2.24, 2.45) is 0 Å². The lowest BCUT2D eigenvalue weighted by molar-refractivity contribution is 0.122. The highest BCUT2D eigenvalue weighted by atomic mass is 16.5. The Morgan fingerprint density at radius 1 is 1.03 bits per heavy atom. The van der Waals surface area contributed by atoms with E-state index in [-0.39, 0.29) is 6.04 Å². The first-order chi connectivity index (χ1) is 19.1. The van der Waals surface area contributed by atoms with Gasteiger partial charge in [-0.25, -0.2) is 19.4 Å². The highest BCUT2D eigenvalue weighted by Crippen LogP contribution is 2.33. The second-order valence-corrected chi connectivity index (χ2v) is 10.2. The first-order valence-corrected chi connectivity index (χ1v) is 13.5. The van der Waals surface area contributed by atoms with Crippen LogP contribution in [0.5, 0.6) is 0 Å². The second-order valence-electron chi connectivity index (χ2n) is 10.2. The zero-order valence-electron chi connectivity index (χ0n) is 22.1. The molecule has 10 heteroatoms. The molecule has 0 aliphatic carbocycles. The van der Waals surface area contributed by atoms with Crippen molar-refractivity contribution in [1.82, 2.24) is 24.6 Å². The van der Waals surface area contributed by atoms with Crippen molar-refractivity contribution < 1.29 is 14.6 Å². The summed E-state index contributed by atoms with van der Waals surface area (Å²) in [5.41, 5.74) is 3.49. The fourth-order valence-electron chi connectivity index (χ4n) is 5.45. The average Bonchev–Trinajstić information content (AvgIpc) is 3.42. The maximum absolute atomic E-state index is 11.6. The number of piperidine rings is 1. The van der Waals surface area contributed by atoms with Gasteiger partial charge in [-0.1, -0.05) is 42.5 Å². The molecule has 0 atom stereocenters. The lowest BCUT2D eigenvalue weighted by Crippen LogP contribution is -2.37. The molecule has 2 saturated heterocycles. The molecular formula is C29H33N7O3. The predicted octanol–water partition coefficient (Wildman–Crippen LogP) is 4.28. The molecule has 0 radical (unpaired) electrons. The van der Waals surface area contributed by atoms with Crippen LogP contribution in [0.2, 0.25) is 0 Å². The van der Waals surface area contributed by atoms with Crippen LogP contribution in [0.15, 0.2) is 60.8 Å².